The van der Waals surface area contributed by atoms with E-state index in [2.05, 4.69) is 36.5 Å². The summed E-state index contributed by atoms with van der Waals surface area (Å²) in [5.41, 5.74) is 4.76. The number of halogens is 1. The Kier molecular flexibility index (Phi) is 9.68. The van der Waals surface area contributed by atoms with E-state index in [-0.39, 0.29) is 25.4 Å². The molecule has 0 bridgehead atoms. The molecule has 0 fully saturated rings. The van der Waals surface area contributed by atoms with Gasteiger partial charge in [0.1, 0.15) is 0 Å². The molecule has 0 heterocycles. The first-order valence-corrected chi connectivity index (χ1v) is 10.4. The topological polar surface area (TPSA) is 115 Å². The van der Waals surface area contributed by atoms with Crippen LogP contribution in [0.25, 0.3) is 0 Å². The summed E-state index contributed by atoms with van der Waals surface area (Å²) < 4.78 is 15.8. The van der Waals surface area contributed by atoms with E-state index in [1.165, 1.54) is 20.4 Å². The standard InChI is InChI=1S/C22H24BrN3O6/c1-14-4-6-16(7-5-14)25-19(27)8-9-20(28)26-24-12-15-10-17(23)22(18(11-15)30-2)32-13-21(29)31-3/h4-7,10-12H,8-9,13H2,1-3H3,(H,25,27)(H,26,28). The van der Waals surface area contributed by atoms with Gasteiger partial charge in [-0.1, -0.05) is 17.7 Å². The van der Waals surface area contributed by atoms with Gasteiger partial charge in [-0.2, -0.15) is 5.10 Å². The van der Waals surface area contributed by atoms with E-state index >= 15 is 0 Å². The van der Waals surface area contributed by atoms with Crippen molar-refractivity contribution in [2.75, 3.05) is 26.1 Å². The molecule has 0 unspecified atom stereocenters. The van der Waals surface area contributed by atoms with Crippen LogP contribution in [0.15, 0.2) is 46.0 Å². The molecule has 0 radical (unpaired) electrons. The molecule has 0 aromatic heterocycles. The maximum atomic E-state index is 12.0. The predicted molar refractivity (Wildman–Crippen MR) is 123 cm³/mol. The highest BCUT2D eigenvalue weighted by Crippen LogP contribution is 2.36. The first-order valence-electron chi connectivity index (χ1n) is 9.58. The highest BCUT2D eigenvalue weighted by molar-refractivity contribution is 9.10. The van der Waals surface area contributed by atoms with Gasteiger partial charge in [-0.25, -0.2) is 10.2 Å². The second kappa shape index (κ2) is 12.5. The summed E-state index contributed by atoms with van der Waals surface area (Å²) >= 11 is 3.35. The number of hydrogen-bond donors (Lipinski definition) is 2. The third-order valence-corrected chi connectivity index (χ3v) is 4.72. The van der Waals surface area contributed by atoms with Gasteiger partial charge in [0.05, 0.1) is 24.9 Å². The van der Waals surface area contributed by atoms with E-state index in [9.17, 15) is 14.4 Å². The van der Waals surface area contributed by atoms with Gasteiger partial charge in [0.15, 0.2) is 18.1 Å². The molecular weight excluding hydrogens is 482 g/mol. The third kappa shape index (κ3) is 8.03. The van der Waals surface area contributed by atoms with Gasteiger partial charge in [-0.05, 0) is 52.7 Å². The minimum atomic E-state index is -0.528. The summed E-state index contributed by atoms with van der Waals surface area (Å²) in [5, 5.41) is 6.63. The lowest BCUT2D eigenvalue weighted by molar-refractivity contribution is -0.143. The van der Waals surface area contributed by atoms with E-state index in [1.54, 1.807) is 24.3 Å². The van der Waals surface area contributed by atoms with Crippen LogP contribution in [-0.4, -0.2) is 44.8 Å². The zero-order valence-electron chi connectivity index (χ0n) is 17.9. The lowest BCUT2D eigenvalue weighted by atomic mass is 10.2. The quantitative estimate of drug-likeness (QED) is 0.291. The van der Waals surface area contributed by atoms with Gasteiger partial charge < -0.3 is 19.5 Å². The molecule has 2 rings (SSSR count). The largest absolute Gasteiger partial charge is 0.493 e. The number of hydrogen-bond acceptors (Lipinski definition) is 7. The summed E-state index contributed by atoms with van der Waals surface area (Å²) in [6.07, 6.45) is 1.44. The number of nitrogens with one attached hydrogen (secondary N) is 2. The van der Waals surface area contributed by atoms with Crippen molar-refractivity contribution in [2.24, 2.45) is 5.10 Å². The number of rotatable bonds is 10. The van der Waals surface area contributed by atoms with E-state index < -0.39 is 11.9 Å². The van der Waals surface area contributed by atoms with E-state index in [4.69, 9.17) is 9.47 Å². The maximum absolute atomic E-state index is 12.0. The summed E-state index contributed by atoms with van der Waals surface area (Å²) in [6, 6.07) is 10.7. The molecule has 0 aliphatic carbocycles. The predicted octanol–water partition coefficient (Wildman–Crippen LogP) is 3.19. The monoisotopic (exact) mass is 505 g/mol. The Morgan fingerprint density at radius 1 is 1.06 bits per heavy atom. The summed E-state index contributed by atoms with van der Waals surface area (Å²) in [4.78, 5) is 35.2. The van der Waals surface area contributed by atoms with Crippen molar-refractivity contribution >= 4 is 45.6 Å². The molecule has 10 heteroatoms. The average Bonchev–Trinajstić information content (AvgIpc) is 2.78. The lowest BCUT2D eigenvalue weighted by Gasteiger charge is -2.12. The third-order valence-electron chi connectivity index (χ3n) is 4.13. The molecule has 2 aromatic rings. The number of benzene rings is 2. The molecule has 0 saturated carbocycles. The first-order chi connectivity index (χ1) is 15.3. The van der Waals surface area contributed by atoms with Crippen molar-refractivity contribution < 1.29 is 28.6 Å². The summed E-state index contributed by atoms with van der Waals surface area (Å²) in [7, 11) is 2.72. The van der Waals surface area contributed by atoms with E-state index in [1.807, 2.05) is 19.1 Å². The lowest BCUT2D eigenvalue weighted by Crippen LogP contribution is -2.20. The maximum Gasteiger partial charge on any atom is 0.343 e. The number of amides is 2. The van der Waals surface area contributed by atoms with Gasteiger partial charge in [0, 0.05) is 18.5 Å². The van der Waals surface area contributed by atoms with Crippen molar-refractivity contribution in [3.63, 3.8) is 0 Å². The molecule has 0 aliphatic heterocycles. The Morgan fingerprint density at radius 3 is 2.41 bits per heavy atom. The number of aryl methyl sites for hydroxylation is 1. The minimum Gasteiger partial charge on any atom is -0.493 e. The van der Waals surface area contributed by atoms with Gasteiger partial charge in [-0.15, -0.1) is 0 Å². The number of nitrogens with zero attached hydrogens (tertiary/aromatic N) is 1. The van der Waals surface area contributed by atoms with Crippen LogP contribution in [-0.2, 0) is 19.1 Å². The number of ether oxygens (including phenoxy) is 3. The molecule has 2 N–H and O–H groups in total. The first kappa shape index (κ1) is 24.9. The van der Waals surface area contributed by atoms with Crippen molar-refractivity contribution in [1.29, 1.82) is 0 Å². The molecule has 0 atom stereocenters. The van der Waals surface area contributed by atoms with Crippen molar-refractivity contribution in [1.82, 2.24) is 5.43 Å². The number of hydrazone groups is 1. The van der Waals surface area contributed by atoms with Crippen LogP contribution in [0, 0.1) is 6.92 Å². The zero-order valence-corrected chi connectivity index (χ0v) is 19.5. The van der Waals surface area contributed by atoms with Crippen molar-refractivity contribution in [3.05, 3.63) is 52.0 Å². The SMILES string of the molecule is COC(=O)COc1c(Br)cc(C=NNC(=O)CCC(=O)Nc2ccc(C)cc2)cc1OC. The molecule has 9 nitrogen and oxygen atoms in total. The average molecular weight is 506 g/mol. The molecule has 0 spiro atoms. The second-order valence-electron chi connectivity index (χ2n) is 6.61. The fraction of sp³-hybridized carbons (Fsp3) is 0.273. The molecule has 2 aromatic carbocycles. The number of anilines is 1. The molecule has 0 saturated heterocycles. The van der Waals surface area contributed by atoms with Crippen LogP contribution in [0.4, 0.5) is 5.69 Å². The van der Waals surface area contributed by atoms with Gasteiger partial charge in [0.25, 0.3) is 0 Å². The Labute approximate surface area is 194 Å². The Bertz CT molecular complexity index is 992. The number of esters is 1. The minimum absolute atomic E-state index is 0.0116. The molecule has 0 aliphatic rings. The van der Waals surface area contributed by atoms with Crippen LogP contribution in [0.2, 0.25) is 0 Å². The van der Waals surface area contributed by atoms with E-state index in [0.717, 1.165) is 5.56 Å². The van der Waals surface area contributed by atoms with Gasteiger partial charge in [0.2, 0.25) is 11.8 Å². The van der Waals surface area contributed by atoms with Crippen molar-refractivity contribution in [3.8, 4) is 11.5 Å². The highest BCUT2D eigenvalue weighted by atomic mass is 79.9. The molecule has 32 heavy (non-hydrogen) atoms. The zero-order chi connectivity index (χ0) is 23.5. The van der Waals surface area contributed by atoms with Crippen LogP contribution in [0.3, 0.4) is 0 Å². The summed E-state index contributed by atoms with van der Waals surface area (Å²) in [5.74, 6) is -0.490. The smallest absolute Gasteiger partial charge is 0.343 e. The Morgan fingerprint density at radius 2 is 1.75 bits per heavy atom. The van der Waals surface area contributed by atoms with Crippen LogP contribution in [0.5, 0.6) is 11.5 Å². The number of carbonyl (C=O) groups excluding carboxylic acids is 3. The fourth-order valence-corrected chi connectivity index (χ4v) is 3.04. The normalized spacial score (nSPS) is 10.5. The highest BCUT2D eigenvalue weighted by Gasteiger charge is 2.13. The second-order valence-corrected chi connectivity index (χ2v) is 7.46. The van der Waals surface area contributed by atoms with Crippen molar-refractivity contribution in [2.45, 2.75) is 19.8 Å². The number of methoxy groups -OCH3 is 2. The molecule has 2 amide bonds. The van der Waals surface area contributed by atoms with Crippen LogP contribution < -0.4 is 20.2 Å². The summed E-state index contributed by atoms with van der Waals surface area (Å²) in [6.45, 7) is 1.69. The van der Waals surface area contributed by atoms with Gasteiger partial charge >= 0.3 is 5.97 Å². The van der Waals surface area contributed by atoms with Gasteiger partial charge in [-0.3, -0.25) is 9.59 Å². The molecular formula is C22H24BrN3O6. The Hall–Kier alpha value is -3.40. The van der Waals surface area contributed by atoms with E-state index in [0.29, 0.717) is 27.2 Å². The van der Waals surface area contributed by atoms with Crippen LogP contribution >= 0.6 is 15.9 Å². The van der Waals surface area contributed by atoms with Crippen LogP contribution in [0.1, 0.15) is 24.0 Å². The number of carbonyl (C=O) groups is 3. The fourth-order valence-electron chi connectivity index (χ4n) is 2.47. The molecule has 170 valence electrons. The Balaban J connectivity index is 1.86.